The summed E-state index contributed by atoms with van der Waals surface area (Å²) < 4.78 is 1.52. The molecule has 0 unspecified atom stereocenters. The lowest BCUT2D eigenvalue weighted by Gasteiger charge is -2.03. The van der Waals surface area contributed by atoms with Crippen LogP contribution >= 0.6 is 27.5 Å². The Kier molecular flexibility index (Phi) is 4.54. The number of rotatable bonds is 5. The average molecular weight is 332 g/mol. The summed E-state index contributed by atoms with van der Waals surface area (Å²) in [6, 6.07) is 3.40. The highest BCUT2D eigenvalue weighted by atomic mass is 79.9. The fourth-order valence-electron chi connectivity index (χ4n) is 1.52. The molecule has 7 heteroatoms. The minimum atomic E-state index is -0.0421. The van der Waals surface area contributed by atoms with Gasteiger partial charge in [0.2, 0.25) is 5.91 Å². The van der Waals surface area contributed by atoms with Gasteiger partial charge in [0.05, 0.1) is 6.20 Å². The molecule has 0 radical (unpaired) electrons. The predicted octanol–water partition coefficient (Wildman–Crippen LogP) is 2.89. The van der Waals surface area contributed by atoms with Gasteiger partial charge in [0.15, 0.2) is 11.5 Å². The largest absolute Gasteiger partial charge is 0.309 e. The van der Waals surface area contributed by atoms with Crippen LogP contribution in [0, 0.1) is 0 Å². The van der Waals surface area contributed by atoms with Crippen LogP contribution in [0.25, 0.3) is 5.65 Å². The summed E-state index contributed by atoms with van der Waals surface area (Å²) in [5.74, 6) is 0.496. The zero-order chi connectivity index (χ0) is 13.0. The fraction of sp³-hybridized carbons (Fsp3) is 0.364. The summed E-state index contributed by atoms with van der Waals surface area (Å²) in [6.45, 7) is 0. The predicted molar refractivity (Wildman–Crippen MR) is 74.3 cm³/mol. The maximum Gasteiger partial charge on any atom is 0.225 e. The van der Waals surface area contributed by atoms with Gasteiger partial charge < -0.3 is 5.32 Å². The molecule has 0 aromatic carbocycles. The van der Waals surface area contributed by atoms with Crippen LogP contribution in [0.15, 0.2) is 18.3 Å². The Morgan fingerprint density at radius 3 is 3.06 bits per heavy atom. The molecular weight excluding hydrogens is 320 g/mol. The SMILES string of the molecule is O=C(CCCCBr)Nc1cnc2ccc(Cl)nn12. The Morgan fingerprint density at radius 2 is 2.28 bits per heavy atom. The number of amides is 1. The normalized spacial score (nSPS) is 10.8. The number of nitrogens with one attached hydrogen (secondary N) is 1. The molecular formula is C11H12BrClN4O. The lowest BCUT2D eigenvalue weighted by Crippen LogP contribution is -2.13. The van der Waals surface area contributed by atoms with Crippen molar-refractivity contribution in [3.05, 3.63) is 23.5 Å². The summed E-state index contributed by atoms with van der Waals surface area (Å²) in [7, 11) is 0. The molecule has 2 heterocycles. The van der Waals surface area contributed by atoms with Crippen LogP contribution in [0.2, 0.25) is 5.15 Å². The van der Waals surface area contributed by atoms with Crippen molar-refractivity contribution in [1.82, 2.24) is 14.6 Å². The summed E-state index contributed by atoms with van der Waals surface area (Å²) in [5, 5.41) is 8.13. The first-order valence-corrected chi connectivity index (χ1v) is 7.07. The van der Waals surface area contributed by atoms with E-state index >= 15 is 0 Å². The van der Waals surface area contributed by atoms with Gasteiger partial charge in [-0.25, -0.2) is 4.98 Å². The number of aromatic nitrogens is 3. The molecule has 2 rings (SSSR count). The third-order valence-corrected chi connectivity index (χ3v) is 3.15. The van der Waals surface area contributed by atoms with E-state index in [-0.39, 0.29) is 5.91 Å². The minimum absolute atomic E-state index is 0.0421. The van der Waals surface area contributed by atoms with Crippen LogP contribution in [-0.4, -0.2) is 25.8 Å². The van der Waals surface area contributed by atoms with E-state index in [2.05, 4.69) is 31.3 Å². The second-order valence-electron chi connectivity index (χ2n) is 3.76. The van der Waals surface area contributed by atoms with Gasteiger partial charge >= 0.3 is 0 Å². The Labute approximate surface area is 118 Å². The van der Waals surface area contributed by atoms with Crippen molar-refractivity contribution in [2.75, 3.05) is 10.6 Å². The van der Waals surface area contributed by atoms with E-state index in [0.717, 1.165) is 18.2 Å². The zero-order valence-electron chi connectivity index (χ0n) is 9.57. The molecule has 1 N–H and O–H groups in total. The van der Waals surface area contributed by atoms with E-state index in [1.807, 2.05) is 0 Å². The third-order valence-electron chi connectivity index (χ3n) is 2.38. The lowest BCUT2D eigenvalue weighted by molar-refractivity contribution is -0.116. The molecule has 2 aromatic heterocycles. The summed E-state index contributed by atoms with van der Waals surface area (Å²) >= 11 is 9.14. The number of halogens is 2. The number of imidazole rings is 1. The van der Waals surface area contributed by atoms with E-state index in [9.17, 15) is 4.79 Å². The van der Waals surface area contributed by atoms with E-state index in [1.54, 1.807) is 18.3 Å². The number of anilines is 1. The number of hydrogen-bond donors (Lipinski definition) is 1. The Balaban J connectivity index is 2.07. The molecule has 0 aliphatic rings. The van der Waals surface area contributed by atoms with Crippen molar-refractivity contribution in [3.8, 4) is 0 Å². The van der Waals surface area contributed by atoms with Crippen LogP contribution in [0.3, 0.4) is 0 Å². The highest BCUT2D eigenvalue weighted by Gasteiger charge is 2.08. The first-order chi connectivity index (χ1) is 8.70. The van der Waals surface area contributed by atoms with Crippen LogP contribution in [0.1, 0.15) is 19.3 Å². The minimum Gasteiger partial charge on any atom is -0.309 e. The standard InChI is InChI=1S/C11H12BrClN4O/c12-6-2-1-3-11(18)15-10-7-14-9-5-4-8(13)16-17(9)10/h4-5,7H,1-3,6H2,(H,15,18). The maximum absolute atomic E-state index is 11.7. The first kappa shape index (κ1) is 13.3. The summed E-state index contributed by atoms with van der Waals surface area (Å²) in [6.07, 6.45) is 3.88. The molecule has 1 amide bonds. The number of nitrogens with zero attached hydrogens (tertiary/aromatic N) is 3. The molecule has 0 fully saturated rings. The molecule has 96 valence electrons. The first-order valence-electron chi connectivity index (χ1n) is 5.57. The van der Waals surface area contributed by atoms with Gasteiger partial charge in [0.1, 0.15) is 5.15 Å². The van der Waals surface area contributed by atoms with E-state index in [0.29, 0.717) is 23.0 Å². The monoisotopic (exact) mass is 330 g/mol. The van der Waals surface area contributed by atoms with Crippen molar-refractivity contribution in [2.45, 2.75) is 19.3 Å². The molecule has 0 saturated heterocycles. The third kappa shape index (κ3) is 3.20. The van der Waals surface area contributed by atoms with Gasteiger partial charge in [-0.2, -0.15) is 9.61 Å². The van der Waals surface area contributed by atoms with Crippen molar-refractivity contribution < 1.29 is 4.79 Å². The molecule has 2 aromatic rings. The topological polar surface area (TPSA) is 59.3 Å². The maximum atomic E-state index is 11.7. The van der Waals surface area contributed by atoms with Crippen LogP contribution in [0.5, 0.6) is 0 Å². The number of hydrogen-bond acceptors (Lipinski definition) is 3. The molecule has 5 nitrogen and oxygen atoms in total. The molecule has 0 aliphatic heterocycles. The highest BCUT2D eigenvalue weighted by Crippen LogP contribution is 2.13. The van der Waals surface area contributed by atoms with Gasteiger partial charge in [0, 0.05) is 11.8 Å². The van der Waals surface area contributed by atoms with Gasteiger partial charge in [0.25, 0.3) is 0 Å². The van der Waals surface area contributed by atoms with Crippen molar-refractivity contribution in [3.63, 3.8) is 0 Å². The number of unbranched alkanes of at least 4 members (excludes halogenated alkanes) is 1. The number of carbonyl (C=O) groups excluding carboxylic acids is 1. The van der Waals surface area contributed by atoms with E-state index in [4.69, 9.17) is 11.6 Å². The van der Waals surface area contributed by atoms with Crippen molar-refractivity contribution in [1.29, 1.82) is 0 Å². The second kappa shape index (κ2) is 6.15. The average Bonchev–Trinajstić information content (AvgIpc) is 2.72. The van der Waals surface area contributed by atoms with Gasteiger partial charge in [-0.3, -0.25) is 4.79 Å². The Morgan fingerprint density at radius 1 is 1.44 bits per heavy atom. The van der Waals surface area contributed by atoms with Crippen LogP contribution < -0.4 is 5.32 Å². The molecule has 0 saturated carbocycles. The molecule has 0 atom stereocenters. The number of carbonyl (C=O) groups is 1. The van der Waals surface area contributed by atoms with Crippen LogP contribution in [-0.2, 0) is 4.79 Å². The highest BCUT2D eigenvalue weighted by molar-refractivity contribution is 9.09. The zero-order valence-corrected chi connectivity index (χ0v) is 11.9. The van der Waals surface area contributed by atoms with Gasteiger partial charge in [-0.05, 0) is 25.0 Å². The number of alkyl halides is 1. The molecule has 0 aliphatic carbocycles. The quantitative estimate of drug-likeness (QED) is 0.677. The van der Waals surface area contributed by atoms with Crippen molar-refractivity contribution in [2.24, 2.45) is 0 Å². The summed E-state index contributed by atoms with van der Waals surface area (Å²) in [5.41, 5.74) is 0.648. The van der Waals surface area contributed by atoms with E-state index < -0.39 is 0 Å². The molecule has 0 spiro atoms. The summed E-state index contributed by atoms with van der Waals surface area (Å²) in [4.78, 5) is 15.8. The van der Waals surface area contributed by atoms with Crippen molar-refractivity contribution >= 4 is 44.9 Å². The smallest absolute Gasteiger partial charge is 0.225 e. The molecule has 18 heavy (non-hydrogen) atoms. The lowest BCUT2D eigenvalue weighted by atomic mass is 10.2. The van der Waals surface area contributed by atoms with Gasteiger partial charge in [-0.15, -0.1) is 0 Å². The van der Waals surface area contributed by atoms with Gasteiger partial charge in [-0.1, -0.05) is 27.5 Å². The number of fused-ring (bicyclic) bond motifs is 1. The fourth-order valence-corrected chi connectivity index (χ4v) is 2.06. The van der Waals surface area contributed by atoms with Crippen LogP contribution in [0.4, 0.5) is 5.82 Å². The Bertz CT molecular complexity index is 557. The molecule has 0 bridgehead atoms. The second-order valence-corrected chi connectivity index (χ2v) is 4.94. The Hall–Kier alpha value is -1.14. The van der Waals surface area contributed by atoms with E-state index in [1.165, 1.54) is 4.52 Å².